The van der Waals surface area contributed by atoms with Crippen LogP contribution in [0.3, 0.4) is 0 Å². The van der Waals surface area contributed by atoms with E-state index in [-0.39, 0.29) is 12.5 Å². The lowest BCUT2D eigenvalue weighted by molar-refractivity contribution is 0.144. The third kappa shape index (κ3) is 4.02. The first-order chi connectivity index (χ1) is 14.1. The highest BCUT2D eigenvalue weighted by Gasteiger charge is 2.28. The molecule has 146 valence electrons. The summed E-state index contributed by atoms with van der Waals surface area (Å²) in [7, 11) is 0. The normalized spacial score (nSPS) is 12.1. The lowest BCUT2D eigenvalue weighted by Gasteiger charge is -2.14. The molecule has 2 aromatic carbocycles. The van der Waals surface area contributed by atoms with E-state index >= 15 is 0 Å². The van der Waals surface area contributed by atoms with E-state index in [2.05, 4.69) is 60.4 Å². The standard InChI is InChI=1S/C24H23N3O2/c1-17(2)27-15-18(14-26-27)8-7-13-25-24(28)29-16-23-21-11-5-3-9-19(21)20-10-4-6-12-22(20)23/h3-6,9-12,14-15,17,23H,13,16H2,1-2H3,(H,25,28). The summed E-state index contributed by atoms with van der Waals surface area (Å²) in [6.45, 7) is 4.64. The van der Waals surface area contributed by atoms with Crippen molar-refractivity contribution in [3.63, 3.8) is 0 Å². The second kappa shape index (κ2) is 8.24. The molecule has 0 aliphatic heterocycles. The summed E-state index contributed by atoms with van der Waals surface area (Å²) in [5, 5.41) is 6.93. The van der Waals surface area contributed by atoms with Gasteiger partial charge in [-0.25, -0.2) is 4.79 Å². The van der Waals surface area contributed by atoms with E-state index in [1.54, 1.807) is 6.20 Å². The Morgan fingerprint density at radius 2 is 1.79 bits per heavy atom. The van der Waals surface area contributed by atoms with Crippen molar-refractivity contribution in [3.05, 3.63) is 77.6 Å². The Hall–Kier alpha value is -3.52. The van der Waals surface area contributed by atoms with Crippen LogP contribution in [0.5, 0.6) is 0 Å². The number of ether oxygens (including phenoxy) is 1. The molecule has 5 nitrogen and oxygen atoms in total. The predicted molar refractivity (Wildman–Crippen MR) is 113 cm³/mol. The number of alkyl carbamates (subject to hydrolysis) is 1. The second-order valence-electron chi connectivity index (χ2n) is 7.28. The molecule has 0 saturated carbocycles. The molecule has 1 N–H and O–H groups in total. The molecule has 3 aromatic rings. The van der Waals surface area contributed by atoms with Crippen LogP contribution in [0, 0.1) is 11.8 Å². The molecular formula is C24H23N3O2. The highest BCUT2D eigenvalue weighted by molar-refractivity contribution is 5.79. The number of nitrogens with zero attached hydrogens (tertiary/aromatic N) is 2. The number of hydrogen-bond donors (Lipinski definition) is 1. The Labute approximate surface area is 170 Å². The molecule has 0 atom stereocenters. The fourth-order valence-corrected chi connectivity index (χ4v) is 3.60. The van der Waals surface area contributed by atoms with Crippen LogP contribution in [0.15, 0.2) is 60.9 Å². The fourth-order valence-electron chi connectivity index (χ4n) is 3.60. The number of carbonyl (C=O) groups is 1. The van der Waals surface area contributed by atoms with Gasteiger partial charge in [-0.3, -0.25) is 4.68 Å². The number of amides is 1. The molecule has 0 fully saturated rings. The molecule has 0 unspecified atom stereocenters. The summed E-state index contributed by atoms with van der Waals surface area (Å²) < 4.78 is 7.34. The Balaban J connectivity index is 1.33. The van der Waals surface area contributed by atoms with Crippen molar-refractivity contribution >= 4 is 6.09 Å². The Morgan fingerprint density at radius 3 is 2.41 bits per heavy atom. The molecule has 0 spiro atoms. The number of aromatic nitrogens is 2. The Bertz CT molecular complexity index is 1040. The van der Waals surface area contributed by atoms with Gasteiger partial charge in [0.1, 0.15) is 6.61 Å². The smallest absolute Gasteiger partial charge is 0.407 e. The molecule has 0 radical (unpaired) electrons. The van der Waals surface area contributed by atoms with Gasteiger partial charge in [-0.15, -0.1) is 0 Å². The lowest BCUT2D eigenvalue weighted by atomic mass is 9.98. The van der Waals surface area contributed by atoms with Crippen molar-refractivity contribution in [2.24, 2.45) is 0 Å². The van der Waals surface area contributed by atoms with Gasteiger partial charge in [0.15, 0.2) is 0 Å². The molecular weight excluding hydrogens is 362 g/mol. The minimum Gasteiger partial charge on any atom is -0.449 e. The highest BCUT2D eigenvalue weighted by Crippen LogP contribution is 2.44. The molecule has 0 saturated heterocycles. The fraction of sp³-hybridized carbons (Fsp3) is 0.250. The molecule has 1 amide bonds. The number of rotatable bonds is 4. The monoisotopic (exact) mass is 385 g/mol. The minimum absolute atomic E-state index is 0.0566. The lowest BCUT2D eigenvalue weighted by Crippen LogP contribution is -2.26. The number of carbonyl (C=O) groups excluding carboxylic acids is 1. The van der Waals surface area contributed by atoms with Crippen LogP contribution in [0.25, 0.3) is 11.1 Å². The Kier molecular flexibility index (Phi) is 5.35. The average molecular weight is 385 g/mol. The molecule has 5 heteroatoms. The SMILES string of the molecule is CC(C)n1cc(C#CCNC(=O)OCC2c3ccccc3-c3ccccc32)cn1. The van der Waals surface area contributed by atoms with Gasteiger partial charge in [-0.05, 0) is 36.1 Å². The molecule has 1 aliphatic rings. The predicted octanol–water partition coefficient (Wildman–Crippen LogP) is 4.35. The van der Waals surface area contributed by atoms with E-state index in [9.17, 15) is 4.79 Å². The van der Waals surface area contributed by atoms with E-state index in [0.717, 1.165) is 5.56 Å². The van der Waals surface area contributed by atoms with E-state index in [1.807, 2.05) is 35.1 Å². The second-order valence-corrected chi connectivity index (χ2v) is 7.28. The molecule has 4 rings (SSSR count). The van der Waals surface area contributed by atoms with E-state index in [4.69, 9.17) is 4.74 Å². The van der Waals surface area contributed by atoms with Gasteiger partial charge < -0.3 is 10.1 Å². The van der Waals surface area contributed by atoms with Crippen LogP contribution in [-0.4, -0.2) is 29.0 Å². The van der Waals surface area contributed by atoms with E-state index in [0.29, 0.717) is 12.6 Å². The first-order valence-electron chi connectivity index (χ1n) is 9.75. The molecule has 1 aromatic heterocycles. The van der Waals surface area contributed by atoms with Crippen LogP contribution in [0.2, 0.25) is 0 Å². The van der Waals surface area contributed by atoms with Crippen molar-refractivity contribution in [2.75, 3.05) is 13.2 Å². The maximum Gasteiger partial charge on any atom is 0.407 e. The van der Waals surface area contributed by atoms with Gasteiger partial charge in [0.25, 0.3) is 0 Å². The summed E-state index contributed by atoms with van der Waals surface area (Å²) in [5.74, 6) is 5.98. The summed E-state index contributed by atoms with van der Waals surface area (Å²) in [6, 6.07) is 16.8. The zero-order chi connectivity index (χ0) is 20.2. The first kappa shape index (κ1) is 18.8. The van der Waals surface area contributed by atoms with Gasteiger partial charge in [-0.1, -0.05) is 60.4 Å². The third-order valence-corrected chi connectivity index (χ3v) is 5.03. The van der Waals surface area contributed by atoms with Gasteiger partial charge in [0.2, 0.25) is 0 Å². The number of benzene rings is 2. The van der Waals surface area contributed by atoms with Gasteiger partial charge in [0.05, 0.1) is 18.3 Å². The zero-order valence-corrected chi connectivity index (χ0v) is 16.6. The maximum absolute atomic E-state index is 12.1. The van der Waals surface area contributed by atoms with E-state index in [1.165, 1.54) is 22.3 Å². The van der Waals surface area contributed by atoms with Crippen molar-refractivity contribution < 1.29 is 9.53 Å². The van der Waals surface area contributed by atoms with Crippen molar-refractivity contribution in [1.29, 1.82) is 0 Å². The Morgan fingerprint density at radius 1 is 1.14 bits per heavy atom. The molecule has 1 aliphatic carbocycles. The van der Waals surface area contributed by atoms with E-state index < -0.39 is 6.09 Å². The van der Waals surface area contributed by atoms with Crippen LogP contribution >= 0.6 is 0 Å². The van der Waals surface area contributed by atoms with Gasteiger partial charge in [0, 0.05) is 18.2 Å². The third-order valence-electron chi connectivity index (χ3n) is 5.03. The highest BCUT2D eigenvalue weighted by atomic mass is 16.5. The summed E-state index contributed by atoms with van der Waals surface area (Å²) in [5.41, 5.74) is 5.65. The summed E-state index contributed by atoms with van der Waals surface area (Å²) >= 11 is 0. The molecule has 29 heavy (non-hydrogen) atoms. The summed E-state index contributed by atoms with van der Waals surface area (Å²) in [6.07, 6.45) is 3.16. The topological polar surface area (TPSA) is 56.2 Å². The number of fused-ring (bicyclic) bond motifs is 3. The van der Waals surface area contributed by atoms with Crippen molar-refractivity contribution in [2.45, 2.75) is 25.8 Å². The van der Waals surface area contributed by atoms with Gasteiger partial charge >= 0.3 is 6.09 Å². The molecule has 0 bridgehead atoms. The van der Waals surface area contributed by atoms with Crippen LogP contribution in [0.4, 0.5) is 4.79 Å². The van der Waals surface area contributed by atoms with Crippen molar-refractivity contribution in [1.82, 2.24) is 15.1 Å². The first-order valence-corrected chi connectivity index (χ1v) is 9.75. The van der Waals surface area contributed by atoms with Crippen LogP contribution < -0.4 is 5.32 Å². The number of hydrogen-bond acceptors (Lipinski definition) is 3. The van der Waals surface area contributed by atoms with Gasteiger partial charge in [-0.2, -0.15) is 5.10 Å². The van der Waals surface area contributed by atoms with Crippen molar-refractivity contribution in [3.8, 4) is 23.0 Å². The van der Waals surface area contributed by atoms with Crippen LogP contribution in [-0.2, 0) is 4.74 Å². The maximum atomic E-state index is 12.1. The number of nitrogens with one attached hydrogen (secondary N) is 1. The largest absolute Gasteiger partial charge is 0.449 e. The van der Waals surface area contributed by atoms with Crippen LogP contribution in [0.1, 0.15) is 42.5 Å². The molecule has 1 heterocycles. The summed E-state index contributed by atoms with van der Waals surface area (Å²) in [4.78, 5) is 12.1. The zero-order valence-electron chi connectivity index (χ0n) is 16.6. The quantitative estimate of drug-likeness (QED) is 0.679. The average Bonchev–Trinajstić information content (AvgIpc) is 3.33. The minimum atomic E-state index is -0.459.